The van der Waals surface area contributed by atoms with Gasteiger partial charge in [0.05, 0.1) is 10.4 Å². The van der Waals surface area contributed by atoms with Crippen LogP contribution in [0.25, 0.3) is 0 Å². The Kier molecular flexibility index (Phi) is 2.37. The van der Waals surface area contributed by atoms with Crippen LogP contribution in [0, 0.1) is 0 Å². The fourth-order valence-electron chi connectivity index (χ4n) is 1.55. The summed E-state index contributed by atoms with van der Waals surface area (Å²) in [6, 6.07) is 1.99. The highest BCUT2D eigenvalue weighted by atomic mass is 35.5. The van der Waals surface area contributed by atoms with Crippen LogP contribution in [0.5, 0.6) is 0 Å². The molecule has 1 aromatic rings. The van der Waals surface area contributed by atoms with E-state index in [0.717, 1.165) is 16.4 Å². The monoisotopic (exact) mass is 203 g/mol. The summed E-state index contributed by atoms with van der Waals surface area (Å²) in [7, 11) is 0. The van der Waals surface area contributed by atoms with Crippen molar-refractivity contribution in [3.8, 4) is 0 Å². The molecule has 2 unspecified atom stereocenters. The highest BCUT2D eigenvalue weighted by Crippen LogP contribution is 2.32. The third-order valence-corrected chi connectivity index (χ3v) is 3.43. The van der Waals surface area contributed by atoms with Gasteiger partial charge in [0, 0.05) is 19.0 Å². The molecule has 0 aromatic carbocycles. The zero-order valence-electron chi connectivity index (χ0n) is 6.46. The highest BCUT2D eigenvalue weighted by Gasteiger charge is 2.28. The van der Waals surface area contributed by atoms with Crippen molar-refractivity contribution in [1.29, 1.82) is 0 Å². The topological polar surface area (TPSA) is 32.3 Å². The first-order valence-electron chi connectivity index (χ1n) is 3.90. The molecule has 66 valence electrons. The molecule has 1 aromatic heterocycles. The Bertz CT molecular complexity index is 276. The van der Waals surface area contributed by atoms with Crippen molar-refractivity contribution in [2.75, 3.05) is 13.1 Å². The first-order chi connectivity index (χ1) is 5.79. The van der Waals surface area contributed by atoms with E-state index in [9.17, 15) is 5.11 Å². The maximum atomic E-state index is 9.57. The Balaban J connectivity index is 2.24. The van der Waals surface area contributed by atoms with Crippen LogP contribution in [0.1, 0.15) is 11.5 Å². The molecule has 0 aliphatic carbocycles. The third kappa shape index (κ3) is 1.38. The molecule has 2 rings (SSSR count). The molecule has 2 heterocycles. The lowest BCUT2D eigenvalue weighted by Crippen LogP contribution is -2.15. The second-order valence-electron chi connectivity index (χ2n) is 2.98. The Morgan fingerprint density at radius 2 is 2.42 bits per heavy atom. The number of β-amino-alcohol motifs (C(OH)–C–C–N with tert-alkyl or cyclic N) is 1. The first kappa shape index (κ1) is 8.51. The normalized spacial score (nSPS) is 29.5. The number of hydrogen-bond donors (Lipinski definition) is 2. The van der Waals surface area contributed by atoms with E-state index < -0.39 is 0 Å². The van der Waals surface area contributed by atoms with Crippen LogP contribution in [0.2, 0.25) is 4.34 Å². The lowest BCUT2D eigenvalue weighted by Gasteiger charge is -2.11. The van der Waals surface area contributed by atoms with Crippen LogP contribution in [0.15, 0.2) is 11.4 Å². The minimum absolute atomic E-state index is 0.184. The molecule has 12 heavy (non-hydrogen) atoms. The molecule has 1 aliphatic rings. The predicted molar refractivity (Wildman–Crippen MR) is 50.9 cm³/mol. The number of aliphatic hydroxyl groups is 1. The van der Waals surface area contributed by atoms with Crippen LogP contribution in [-0.4, -0.2) is 24.3 Å². The van der Waals surface area contributed by atoms with Crippen LogP contribution in [0.4, 0.5) is 0 Å². The van der Waals surface area contributed by atoms with Gasteiger partial charge in [0.15, 0.2) is 0 Å². The van der Waals surface area contributed by atoms with E-state index in [-0.39, 0.29) is 12.0 Å². The molecular weight excluding hydrogens is 194 g/mol. The van der Waals surface area contributed by atoms with Gasteiger partial charge >= 0.3 is 0 Å². The molecule has 0 bridgehead atoms. The zero-order valence-corrected chi connectivity index (χ0v) is 8.03. The van der Waals surface area contributed by atoms with Crippen molar-refractivity contribution < 1.29 is 5.11 Å². The molecule has 2 N–H and O–H groups in total. The number of thiophene rings is 1. The van der Waals surface area contributed by atoms with Crippen molar-refractivity contribution in [3.05, 3.63) is 21.3 Å². The van der Waals surface area contributed by atoms with Crippen LogP contribution >= 0.6 is 22.9 Å². The van der Waals surface area contributed by atoms with E-state index in [4.69, 9.17) is 11.6 Å². The summed E-state index contributed by atoms with van der Waals surface area (Å²) < 4.78 is 0.808. The van der Waals surface area contributed by atoms with Crippen LogP contribution < -0.4 is 5.32 Å². The van der Waals surface area contributed by atoms with E-state index in [0.29, 0.717) is 6.54 Å². The Hall–Kier alpha value is -0.0900. The summed E-state index contributed by atoms with van der Waals surface area (Å²) in [5, 5.41) is 14.7. The number of halogens is 1. The van der Waals surface area contributed by atoms with Gasteiger partial charge in [-0.05, 0) is 17.0 Å². The Morgan fingerprint density at radius 3 is 2.92 bits per heavy atom. The average Bonchev–Trinajstić information content (AvgIpc) is 2.59. The Labute approximate surface area is 80.2 Å². The quantitative estimate of drug-likeness (QED) is 0.724. The summed E-state index contributed by atoms with van der Waals surface area (Å²) in [5.41, 5.74) is 1.08. The average molecular weight is 204 g/mol. The summed E-state index contributed by atoms with van der Waals surface area (Å²) in [4.78, 5) is 0. The van der Waals surface area contributed by atoms with Gasteiger partial charge in [-0.2, -0.15) is 0 Å². The predicted octanol–water partition coefficient (Wildman–Crippen LogP) is 1.45. The highest BCUT2D eigenvalue weighted by molar-refractivity contribution is 7.14. The van der Waals surface area contributed by atoms with E-state index in [2.05, 4.69) is 5.32 Å². The molecule has 1 fully saturated rings. The van der Waals surface area contributed by atoms with Crippen molar-refractivity contribution in [2.24, 2.45) is 0 Å². The van der Waals surface area contributed by atoms with Gasteiger partial charge in [-0.25, -0.2) is 0 Å². The molecule has 0 saturated carbocycles. The fourth-order valence-corrected chi connectivity index (χ4v) is 2.60. The first-order valence-corrected chi connectivity index (χ1v) is 5.16. The number of rotatable bonds is 1. The maximum absolute atomic E-state index is 9.57. The van der Waals surface area contributed by atoms with Crippen molar-refractivity contribution in [3.63, 3.8) is 0 Å². The second-order valence-corrected chi connectivity index (χ2v) is 4.50. The SMILES string of the molecule is OC1CNCC1c1ccsc1Cl. The van der Waals surface area contributed by atoms with E-state index in [1.165, 1.54) is 11.3 Å². The summed E-state index contributed by atoms with van der Waals surface area (Å²) in [5.74, 6) is 0.184. The zero-order chi connectivity index (χ0) is 8.55. The number of nitrogens with one attached hydrogen (secondary N) is 1. The lowest BCUT2D eigenvalue weighted by molar-refractivity contribution is 0.178. The largest absolute Gasteiger partial charge is 0.391 e. The smallest absolute Gasteiger partial charge is 0.0964 e. The van der Waals surface area contributed by atoms with Gasteiger partial charge in [-0.3, -0.25) is 0 Å². The molecule has 0 amide bonds. The summed E-state index contributed by atoms with van der Waals surface area (Å²) >= 11 is 7.48. The van der Waals surface area contributed by atoms with Gasteiger partial charge in [-0.15, -0.1) is 11.3 Å². The van der Waals surface area contributed by atoms with E-state index in [1.807, 2.05) is 11.4 Å². The molecule has 2 nitrogen and oxygen atoms in total. The summed E-state index contributed by atoms with van der Waals surface area (Å²) in [6.07, 6.45) is -0.280. The van der Waals surface area contributed by atoms with Crippen molar-refractivity contribution in [1.82, 2.24) is 5.32 Å². The molecule has 0 spiro atoms. The molecule has 4 heteroatoms. The number of aliphatic hydroxyl groups excluding tert-OH is 1. The van der Waals surface area contributed by atoms with E-state index in [1.54, 1.807) is 0 Å². The van der Waals surface area contributed by atoms with Crippen LogP contribution in [-0.2, 0) is 0 Å². The molecule has 1 saturated heterocycles. The van der Waals surface area contributed by atoms with Crippen LogP contribution in [0.3, 0.4) is 0 Å². The van der Waals surface area contributed by atoms with Gasteiger partial charge in [0.25, 0.3) is 0 Å². The Morgan fingerprint density at radius 1 is 1.58 bits per heavy atom. The van der Waals surface area contributed by atoms with E-state index >= 15 is 0 Å². The minimum atomic E-state index is -0.280. The standard InChI is InChI=1S/C8H10ClNOS/c9-8-5(1-2-12-8)6-3-10-4-7(6)11/h1-2,6-7,10-11H,3-4H2. The molecule has 0 radical (unpaired) electrons. The lowest BCUT2D eigenvalue weighted by atomic mass is 9.99. The van der Waals surface area contributed by atoms with Gasteiger partial charge < -0.3 is 10.4 Å². The van der Waals surface area contributed by atoms with Gasteiger partial charge in [0.1, 0.15) is 0 Å². The summed E-state index contributed by atoms with van der Waals surface area (Å²) in [6.45, 7) is 1.51. The van der Waals surface area contributed by atoms with Gasteiger partial charge in [0.2, 0.25) is 0 Å². The van der Waals surface area contributed by atoms with Crippen molar-refractivity contribution in [2.45, 2.75) is 12.0 Å². The molecule has 2 atom stereocenters. The third-order valence-electron chi connectivity index (χ3n) is 2.23. The van der Waals surface area contributed by atoms with Crippen molar-refractivity contribution >= 4 is 22.9 Å². The molecule has 1 aliphatic heterocycles. The fraction of sp³-hybridized carbons (Fsp3) is 0.500. The second kappa shape index (κ2) is 3.34. The maximum Gasteiger partial charge on any atom is 0.0964 e. The molecular formula is C8H10ClNOS. The van der Waals surface area contributed by atoms with Gasteiger partial charge in [-0.1, -0.05) is 11.6 Å². The number of hydrogen-bond acceptors (Lipinski definition) is 3. The minimum Gasteiger partial charge on any atom is -0.391 e.